The van der Waals surface area contributed by atoms with Crippen LogP contribution in [0.2, 0.25) is 0 Å². The van der Waals surface area contributed by atoms with Crippen LogP contribution in [-0.4, -0.2) is 58.2 Å². The molecule has 0 aromatic heterocycles. The Morgan fingerprint density at radius 1 is 1.15 bits per heavy atom. The third-order valence-corrected chi connectivity index (χ3v) is 2.30. The molecule has 5 atom stereocenters. The Morgan fingerprint density at radius 2 is 1.77 bits per heavy atom. The molecule has 1 rings (SSSR count). The average Bonchev–Trinajstić information content (AvgIpc) is 2.12. The van der Waals surface area contributed by atoms with Crippen LogP contribution in [0.5, 0.6) is 0 Å². The highest BCUT2D eigenvalue weighted by atomic mass is 16.6. The summed E-state index contributed by atoms with van der Waals surface area (Å²) in [6.07, 6.45) is -4.55. The van der Waals surface area contributed by atoms with Crippen LogP contribution in [0.25, 0.3) is 0 Å². The number of hydrogen-bond acceptors (Lipinski definition) is 6. The monoisotopic (exact) mass is 193 g/mol. The lowest BCUT2D eigenvalue weighted by atomic mass is 9.91. The molecule has 0 spiro atoms. The summed E-state index contributed by atoms with van der Waals surface area (Å²) in [4.78, 5) is 0. The van der Waals surface area contributed by atoms with Gasteiger partial charge < -0.3 is 30.9 Å². The Kier molecular flexibility index (Phi) is 3.60. The summed E-state index contributed by atoms with van der Waals surface area (Å²) in [5, 5.41) is 36.8. The molecule has 6 N–H and O–H groups in total. The van der Waals surface area contributed by atoms with Crippen LogP contribution >= 0.6 is 0 Å². The van der Waals surface area contributed by atoms with Gasteiger partial charge in [0.2, 0.25) is 0 Å². The first-order chi connectivity index (χ1) is 6.11. The molecule has 1 fully saturated rings. The predicted octanol–water partition coefficient (Wildman–Crippen LogP) is -3.01. The van der Waals surface area contributed by atoms with E-state index in [1.54, 1.807) is 0 Å². The van der Waals surface area contributed by atoms with Crippen molar-refractivity contribution in [2.45, 2.75) is 24.6 Å². The maximum atomic E-state index is 9.43. The van der Waals surface area contributed by atoms with Gasteiger partial charge in [-0.2, -0.15) is 0 Å². The lowest BCUT2D eigenvalue weighted by molar-refractivity contribution is -0.267. The average molecular weight is 193 g/mol. The fraction of sp³-hybridized carbons (Fsp3) is 1.00. The van der Waals surface area contributed by atoms with Crippen LogP contribution in [0.3, 0.4) is 0 Å². The van der Waals surface area contributed by atoms with E-state index >= 15 is 0 Å². The molecule has 6 heteroatoms. The van der Waals surface area contributed by atoms with Gasteiger partial charge in [0.15, 0.2) is 6.29 Å². The maximum Gasteiger partial charge on any atom is 0.161 e. The summed E-state index contributed by atoms with van der Waals surface area (Å²) in [5.74, 6) is -0.710. The molecule has 1 saturated heterocycles. The third-order valence-electron chi connectivity index (χ3n) is 2.30. The van der Waals surface area contributed by atoms with Crippen molar-refractivity contribution in [1.82, 2.24) is 0 Å². The van der Waals surface area contributed by atoms with Crippen molar-refractivity contribution >= 4 is 0 Å². The first-order valence-electron chi connectivity index (χ1n) is 4.12. The molecule has 1 aliphatic rings. The summed E-state index contributed by atoms with van der Waals surface area (Å²) in [7, 11) is 0. The van der Waals surface area contributed by atoms with E-state index in [-0.39, 0.29) is 6.54 Å². The van der Waals surface area contributed by atoms with E-state index in [0.717, 1.165) is 0 Å². The lowest BCUT2D eigenvalue weighted by Crippen LogP contribution is -2.57. The van der Waals surface area contributed by atoms with Crippen molar-refractivity contribution in [2.24, 2.45) is 11.7 Å². The second kappa shape index (κ2) is 4.32. The molecule has 0 aromatic rings. The van der Waals surface area contributed by atoms with Gasteiger partial charge in [0, 0.05) is 6.54 Å². The Balaban J connectivity index is 2.66. The van der Waals surface area contributed by atoms with Crippen molar-refractivity contribution in [2.75, 3.05) is 13.2 Å². The zero-order valence-electron chi connectivity index (χ0n) is 7.08. The van der Waals surface area contributed by atoms with Gasteiger partial charge in [-0.05, 0) is 0 Å². The van der Waals surface area contributed by atoms with Crippen molar-refractivity contribution in [3.63, 3.8) is 0 Å². The molecule has 1 aliphatic heterocycles. The molecule has 6 nitrogen and oxygen atoms in total. The van der Waals surface area contributed by atoms with Gasteiger partial charge >= 0.3 is 0 Å². The standard InChI is InChI=1S/C7H15NO5/c8-1-3-5(10)6(11)4(2-9)13-7(3)12/h3-7,9-12H,1-2,8H2/t3-,4-,5-,6-,7?/m1/s1. The molecule has 13 heavy (non-hydrogen) atoms. The normalized spacial score (nSPS) is 46.4. The summed E-state index contributed by atoms with van der Waals surface area (Å²) in [6, 6.07) is 0. The number of hydrogen-bond donors (Lipinski definition) is 5. The lowest BCUT2D eigenvalue weighted by Gasteiger charge is -2.39. The molecule has 78 valence electrons. The van der Waals surface area contributed by atoms with Gasteiger partial charge in [-0.15, -0.1) is 0 Å². The molecule has 0 radical (unpaired) electrons. The second-order valence-corrected chi connectivity index (χ2v) is 3.13. The quantitative estimate of drug-likeness (QED) is 0.319. The zero-order valence-corrected chi connectivity index (χ0v) is 7.08. The highest BCUT2D eigenvalue weighted by molar-refractivity contribution is 4.88. The van der Waals surface area contributed by atoms with E-state index in [2.05, 4.69) is 0 Å². The fourth-order valence-electron chi connectivity index (χ4n) is 1.41. The van der Waals surface area contributed by atoms with Gasteiger partial charge in [-0.1, -0.05) is 0 Å². The Labute approximate surface area is 75.6 Å². The van der Waals surface area contributed by atoms with Crippen LogP contribution < -0.4 is 5.73 Å². The number of nitrogens with two attached hydrogens (primary N) is 1. The SMILES string of the molecule is NC[C@H]1C(O)O[C@H](CO)[C@@H](O)[C@@H]1O. The van der Waals surface area contributed by atoms with Gasteiger partial charge in [0.25, 0.3) is 0 Å². The van der Waals surface area contributed by atoms with Crippen LogP contribution in [0.1, 0.15) is 0 Å². The third kappa shape index (κ3) is 1.98. The van der Waals surface area contributed by atoms with E-state index < -0.39 is 37.1 Å². The van der Waals surface area contributed by atoms with Crippen LogP contribution in [-0.2, 0) is 4.74 Å². The van der Waals surface area contributed by atoms with Crippen LogP contribution in [0.15, 0.2) is 0 Å². The van der Waals surface area contributed by atoms with Gasteiger partial charge in [0.05, 0.1) is 18.6 Å². The number of ether oxygens (including phenoxy) is 1. The first kappa shape index (κ1) is 10.8. The minimum absolute atomic E-state index is 0.0115. The predicted molar refractivity (Wildman–Crippen MR) is 42.5 cm³/mol. The largest absolute Gasteiger partial charge is 0.394 e. The molecule has 0 saturated carbocycles. The van der Waals surface area contributed by atoms with Crippen LogP contribution in [0.4, 0.5) is 0 Å². The number of aliphatic hydroxyl groups is 4. The molecule has 0 aromatic carbocycles. The number of rotatable bonds is 2. The van der Waals surface area contributed by atoms with Crippen molar-refractivity contribution in [3.8, 4) is 0 Å². The number of aliphatic hydroxyl groups excluding tert-OH is 4. The Hall–Kier alpha value is -0.240. The molecule has 1 heterocycles. The minimum Gasteiger partial charge on any atom is -0.394 e. The molecule has 0 bridgehead atoms. The Bertz CT molecular complexity index is 167. The topological polar surface area (TPSA) is 116 Å². The van der Waals surface area contributed by atoms with Crippen molar-refractivity contribution in [3.05, 3.63) is 0 Å². The van der Waals surface area contributed by atoms with Crippen molar-refractivity contribution in [1.29, 1.82) is 0 Å². The molecule has 1 unspecified atom stereocenters. The maximum absolute atomic E-state index is 9.43. The van der Waals surface area contributed by atoms with E-state index in [1.165, 1.54) is 0 Å². The smallest absolute Gasteiger partial charge is 0.161 e. The second-order valence-electron chi connectivity index (χ2n) is 3.13. The van der Waals surface area contributed by atoms with E-state index in [4.69, 9.17) is 15.6 Å². The van der Waals surface area contributed by atoms with Crippen LogP contribution in [0, 0.1) is 5.92 Å². The van der Waals surface area contributed by atoms with E-state index in [0.29, 0.717) is 0 Å². The fourth-order valence-corrected chi connectivity index (χ4v) is 1.41. The highest BCUT2D eigenvalue weighted by Gasteiger charge is 2.42. The van der Waals surface area contributed by atoms with E-state index in [1.807, 2.05) is 0 Å². The molecule has 0 amide bonds. The summed E-state index contributed by atoms with van der Waals surface area (Å²) in [6.45, 7) is -0.440. The van der Waals surface area contributed by atoms with Gasteiger partial charge in [-0.25, -0.2) is 0 Å². The molecular formula is C7H15NO5. The summed E-state index contributed by atoms with van der Waals surface area (Å²) < 4.78 is 4.84. The molecule has 0 aliphatic carbocycles. The summed E-state index contributed by atoms with van der Waals surface area (Å²) >= 11 is 0. The summed E-state index contributed by atoms with van der Waals surface area (Å²) in [5.41, 5.74) is 5.26. The minimum atomic E-state index is -1.24. The molecular weight excluding hydrogens is 178 g/mol. The zero-order chi connectivity index (χ0) is 10.0. The van der Waals surface area contributed by atoms with Gasteiger partial charge in [-0.3, -0.25) is 0 Å². The van der Waals surface area contributed by atoms with Crippen molar-refractivity contribution < 1.29 is 25.2 Å². The Morgan fingerprint density at radius 3 is 2.23 bits per heavy atom. The van der Waals surface area contributed by atoms with E-state index in [9.17, 15) is 15.3 Å². The first-order valence-corrected chi connectivity index (χ1v) is 4.12. The highest BCUT2D eigenvalue weighted by Crippen LogP contribution is 2.23. The van der Waals surface area contributed by atoms with Gasteiger partial charge in [0.1, 0.15) is 12.2 Å².